The normalized spacial score (nSPS) is 13.1. The highest BCUT2D eigenvalue weighted by Gasteiger charge is 2.26. The lowest BCUT2D eigenvalue weighted by Gasteiger charge is -2.15. The van der Waals surface area contributed by atoms with Gasteiger partial charge in [0.2, 0.25) is 10.0 Å². The summed E-state index contributed by atoms with van der Waals surface area (Å²) < 4.78 is 47.7. The smallest absolute Gasteiger partial charge is 0.316 e. The Kier molecular flexibility index (Phi) is 5.23. The van der Waals surface area contributed by atoms with Gasteiger partial charge in [-0.3, -0.25) is 4.57 Å². The van der Waals surface area contributed by atoms with Crippen LogP contribution < -0.4 is 9.46 Å². The van der Waals surface area contributed by atoms with Crippen LogP contribution in [-0.4, -0.2) is 30.3 Å². The van der Waals surface area contributed by atoms with Crippen molar-refractivity contribution in [3.63, 3.8) is 0 Å². The van der Waals surface area contributed by atoms with Crippen LogP contribution in [0, 0.1) is 5.82 Å². The van der Waals surface area contributed by atoms with Gasteiger partial charge in [0.05, 0.1) is 18.2 Å². The van der Waals surface area contributed by atoms with E-state index < -0.39 is 26.8 Å². The van der Waals surface area contributed by atoms with Crippen LogP contribution in [-0.2, 0) is 16.6 Å². The van der Waals surface area contributed by atoms with Gasteiger partial charge in [-0.25, -0.2) is 17.5 Å². The van der Waals surface area contributed by atoms with Crippen molar-refractivity contribution in [3.05, 3.63) is 34.9 Å². The summed E-state index contributed by atoms with van der Waals surface area (Å²) in [5.74, 6) is -0.640. The molecule has 0 amide bonds. The van der Waals surface area contributed by atoms with Gasteiger partial charge in [0.15, 0.2) is 11.6 Å². The molecule has 0 saturated carbocycles. The zero-order valence-electron chi connectivity index (χ0n) is 12.7. The number of hydrogen-bond donors (Lipinski definition) is 1. The van der Waals surface area contributed by atoms with E-state index >= 15 is 0 Å². The Morgan fingerprint density at radius 1 is 1.43 bits per heavy atom. The van der Waals surface area contributed by atoms with Gasteiger partial charge in [0, 0.05) is 6.54 Å². The minimum absolute atomic E-state index is 0.265. The summed E-state index contributed by atoms with van der Waals surface area (Å²) in [6.07, 6.45) is 0. The topological polar surface area (TPSA) is 86.1 Å². The van der Waals surface area contributed by atoms with Crippen molar-refractivity contribution in [2.45, 2.75) is 31.3 Å². The fourth-order valence-electron chi connectivity index (χ4n) is 2.11. The largest absolute Gasteiger partial charge is 0.467 e. The summed E-state index contributed by atoms with van der Waals surface area (Å²) >= 11 is 5.63. The molecule has 2 aromatic rings. The van der Waals surface area contributed by atoms with Gasteiger partial charge in [-0.2, -0.15) is 0 Å². The Labute approximate surface area is 138 Å². The van der Waals surface area contributed by atoms with E-state index in [-0.39, 0.29) is 11.0 Å². The molecule has 1 aromatic carbocycles. The van der Waals surface area contributed by atoms with Gasteiger partial charge in [-0.1, -0.05) is 22.8 Å². The zero-order valence-corrected chi connectivity index (χ0v) is 14.3. The first-order valence-electron chi connectivity index (χ1n) is 6.75. The molecular formula is C13H16ClFN4O3S. The molecule has 23 heavy (non-hydrogen) atoms. The highest BCUT2D eigenvalue weighted by molar-refractivity contribution is 7.89. The molecule has 1 heterocycles. The molecule has 0 radical (unpaired) electrons. The molecule has 0 saturated heterocycles. The SMILES string of the molecule is CCn1c(OC)nnc1[C@@H](C)NS(=O)(=O)c1cccc(Cl)c1F. The number of nitrogens with one attached hydrogen (secondary N) is 1. The lowest BCUT2D eigenvalue weighted by Crippen LogP contribution is -2.29. The van der Waals surface area contributed by atoms with Crippen molar-refractivity contribution in [3.8, 4) is 6.01 Å². The van der Waals surface area contributed by atoms with E-state index in [4.69, 9.17) is 16.3 Å². The van der Waals surface area contributed by atoms with Crippen LogP contribution in [0.4, 0.5) is 4.39 Å². The van der Waals surface area contributed by atoms with Gasteiger partial charge < -0.3 is 4.74 Å². The molecule has 0 fully saturated rings. The summed E-state index contributed by atoms with van der Waals surface area (Å²) in [5, 5.41) is 7.47. The summed E-state index contributed by atoms with van der Waals surface area (Å²) in [4.78, 5) is -0.522. The summed E-state index contributed by atoms with van der Waals surface area (Å²) in [6, 6.07) is 3.30. The molecule has 1 N–H and O–H groups in total. The number of methoxy groups -OCH3 is 1. The number of hydrogen-bond acceptors (Lipinski definition) is 5. The van der Waals surface area contributed by atoms with E-state index in [0.717, 1.165) is 6.07 Å². The fourth-order valence-corrected chi connectivity index (χ4v) is 3.64. The minimum Gasteiger partial charge on any atom is -0.467 e. The van der Waals surface area contributed by atoms with Crippen molar-refractivity contribution in [1.29, 1.82) is 0 Å². The maximum atomic E-state index is 14.0. The molecule has 0 spiro atoms. The maximum absolute atomic E-state index is 14.0. The van der Waals surface area contributed by atoms with E-state index in [0.29, 0.717) is 12.4 Å². The first kappa shape index (κ1) is 17.6. The molecule has 1 aromatic heterocycles. The molecule has 0 aliphatic carbocycles. The Morgan fingerprint density at radius 2 is 2.13 bits per heavy atom. The Hall–Kier alpha value is -1.71. The van der Waals surface area contributed by atoms with E-state index in [1.165, 1.54) is 19.2 Å². The third-order valence-corrected chi connectivity index (χ3v) is 5.02. The highest BCUT2D eigenvalue weighted by Crippen LogP contribution is 2.24. The second kappa shape index (κ2) is 6.81. The van der Waals surface area contributed by atoms with Crippen molar-refractivity contribution in [2.75, 3.05) is 7.11 Å². The number of sulfonamides is 1. The molecule has 0 unspecified atom stereocenters. The number of ether oxygens (including phenoxy) is 1. The van der Waals surface area contributed by atoms with Gasteiger partial charge in [-0.05, 0) is 26.0 Å². The van der Waals surface area contributed by atoms with Crippen molar-refractivity contribution >= 4 is 21.6 Å². The van der Waals surface area contributed by atoms with Crippen LogP contribution in [0.5, 0.6) is 6.01 Å². The second-order valence-electron chi connectivity index (χ2n) is 4.68. The van der Waals surface area contributed by atoms with Crippen LogP contribution in [0.3, 0.4) is 0 Å². The van der Waals surface area contributed by atoms with Crippen LogP contribution in [0.25, 0.3) is 0 Å². The van der Waals surface area contributed by atoms with Crippen molar-refractivity contribution in [2.24, 2.45) is 0 Å². The quantitative estimate of drug-likeness (QED) is 0.850. The highest BCUT2D eigenvalue weighted by atomic mass is 35.5. The number of aromatic nitrogens is 3. The summed E-state index contributed by atoms with van der Waals surface area (Å²) in [7, 11) is -2.67. The first-order valence-corrected chi connectivity index (χ1v) is 8.61. The van der Waals surface area contributed by atoms with Crippen molar-refractivity contribution < 1.29 is 17.5 Å². The van der Waals surface area contributed by atoms with Crippen LogP contribution in [0.15, 0.2) is 23.1 Å². The second-order valence-corrected chi connectivity index (χ2v) is 6.77. The zero-order chi connectivity index (χ0) is 17.2. The summed E-state index contributed by atoms with van der Waals surface area (Å²) in [6.45, 7) is 3.91. The molecule has 10 heteroatoms. The van der Waals surface area contributed by atoms with Gasteiger partial charge in [-0.15, -0.1) is 5.10 Å². The number of rotatable bonds is 6. The number of benzene rings is 1. The lowest BCUT2D eigenvalue weighted by molar-refractivity contribution is 0.354. The maximum Gasteiger partial charge on any atom is 0.316 e. The van der Waals surface area contributed by atoms with E-state index in [9.17, 15) is 12.8 Å². The average Bonchev–Trinajstić information content (AvgIpc) is 2.92. The molecule has 0 bridgehead atoms. The van der Waals surface area contributed by atoms with Gasteiger partial charge in [0.1, 0.15) is 4.90 Å². The predicted molar refractivity (Wildman–Crippen MR) is 82.4 cm³/mol. The van der Waals surface area contributed by atoms with Gasteiger partial charge in [0.25, 0.3) is 0 Å². The monoisotopic (exact) mass is 362 g/mol. The first-order chi connectivity index (χ1) is 10.8. The van der Waals surface area contributed by atoms with Crippen LogP contribution in [0.2, 0.25) is 5.02 Å². The average molecular weight is 363 g/mol. The summed E-state index contributed by atoms with van der Waals surface area (Å²) in [5.41, 5.74) is 0. The van der Waals surface area contributed by atoms with E-state index in [1.807, 2.05) is 6.92 Å². The lowest BCUT2D eigenvalue weighted by atomic mass is 10.3. The van der Waals surface area contributed by atoms with Crippen molar-refractivity contribution in [1.82, 2.24) is 19.5 Å². The Balaban J connectivity index is 2.34. The Morgan fingerprint density at radius 3 is 2.74 bits per heavy atom. The third kappa shape index (κ3) is 3.46. The molecule has 2 rings (SSSR count). The Bertz CT molecular complexity index is 810. The molecular weight excluding hydrogens is 347 g/mol. The predicted octanol–water partition coefficient (Wildman–Crippen LogP) is 2.14. The van der Waals surface area contributed by atoms with Crippen LogP contribution in [0.1, 0.15) is 25.7 Å². The standard InChI is InChI=1S/C13H16ClFN4O3S/c1-4-19-12(16-17-13(19)22-3)8(2)18-23(20,21)10-7-5-6-9(14)11(10)15/h5-8,18H,4H2,1-3H3/t8-/m1/s1. The van der Waals surface area contributed by atoms with E-state index in [2.05, 4.69) is 14.9 Å². The van der Waals surface area contributed by atoms with Gasteiger partial charge >= 0.3 is 6.01 Å². The third-order valence-electron chi connectivity index (χ3n) is 3.17. The molecule has 126 valence electrons. The van der Waals surface area contributed by atoms with E-state index in [1.54, 1.807) is 11.5 Å². The van der Waals surface area contributed by atoms with Crippen LogP contribution >= 0.6 is 11.6 Å². The number of nitrogens with zero attached hydrogens (tertiary/aromatic N) is 3. The fraction of sp³-hybridized carbons (Fsp3) is 0.385. The minimum atomic E-state index is -4.11. The molecule has 0 aliphatic heterocycles. The number of halogens is 2. The molecule has 7 nitrogen and oxygen atoms in total. The molecule has 1 atom stereocenters. The molecule has 0 aliphatic rings.